The summed E-state index contributed by atoms with van der Waals surface area (Å²) in [6.07, 6.45) is 0. The summed E-state index contributed by atoms with van der Waals surface area (Å²) in [6.45, 7) is 12.9. The first-order chi connectivity index (χ1) is 28.2. The molecule has 0 spiro atoms. The first-order valence-corrected chi connectivity index (χ1v) is 20.1. The molecule has 0 bridgehead atoms. The zero-order chi connectivity index (χ0) is 39.7. The van der Waals surface area contributed by atoms with Crippen molar-refractivity contribution in [1.29, 1.82) is 0 Å². The molecule has 278 valence electrons. The number of aromatic nitrogens is 3. The second kappa shape index (κ2) is 13.9. The molecule has 0 fully saturated rings. The van der Waals surface area contributed by atoms with Crippen LogP contribution in [0, 0.1) is 41.5 Å². The Hall–Kier alpha value is -6.97. The molecule has 1 heterocycles. The van der Waals surface area contributed by atoms with Gasteiger partial charge in [-0.05, 0) is 135 Å². The predicted octanol–water partition coefficient (Wildman–Crippen LogP) is 14.7. The summed E-state index contributed by atoms with van der Waals surface area (Å²) in [5.41, 5.74) is 14.9. The van der Waals surface area contributed by atoms with Crippen molar-refractivity contribution >= 4 is 43.1 Å². The summed E-state index contributed by atoms with van der Waals surface area (Å²) < 4.78 is 0. The van der Waals surface area contributed by atoms with Gasteiger partial charge in [-0.25, -0.2) is 15.0 Å². The monoisotopic (exact) mass is 745 g/mol. The molecule has 3 heteroatoms. The maximum absolute atomic E-state index is 5.35. The number of aryl methyl sites for hydroxylation is 6. The predicted molar refractivity (Wildman–Crippen MR) is 245 cm³/mol. The highest BCUT2D eigenvalue weighted by Crippen LogP contribution is 2.50. The van der Waals surface area contributed by atoms with Crippen LogP contribution in [0.2, 0.25) is 0 Å². The van der Waals surface area contributed by atoms with Gasteiger partial charge in [-0.15, -0.1) is 0 Å². The van der Waals surface area contributed by atoms with Crippen molar-refractivity contribution in [2.45, 2.75) is 41.5 Å². The van der Waals surface area contributed by atoms with Crippen molar-refractivity contribution < 1.29 is 0 Å². The van der Waals surface area contributed by atoms with E-state index in [1.807, 2.05) is 0 Å². The Balaban J connectivity index is 1.37. The lowest BCUT2D eigenvalue weighted by Gasteiger charge is -2.22. The molecule has 0 N–H and O–H groups in total. The summed E-state index contributed by atoms with van der Waals surface area (Å²) in [5, 5.41) is 9.84. The molecule has 0 aliphatic rings. The van der Waals surface area contributed by atoms with Crippen LogP contribution >= 0.6 is 0 Å². The van der Waals surface area contributed by atoms with Gasteiger partial charge in [-0.3, -0.25) is 0 Å². The van der Waals surface area contributed by atoms with Crippen LogP contribution in [0.4, 0.5) is 0 Å². The topological polar surface area (TPSA) is 38.7 Å². The number of rotatable bonds is 5. The van der Waals surface area contributed by atoms with Crippen LogP contribution in [-0.4, -0.2) is 15.0 Å². The number of nitrogens with zero attached hydrogens (tertiary/aromatic N) is 3. The highest BCUT2D eigenvalue weighted by molar-refractivity contribution is 6.36. The summed E-state index contributed by atoms with van der Waals surface area (Å²) in [6, 6.07) is 55.3. The average Bonchev–Trinajstić information content (AvgIpc) is 3.22. The van der Waals surface area contributed by atoms with Crippen molar-refractivity contribution in [2.75, 3.05) is 0 Å². The highest BCUT2D eigenvalue weighted by atomic mass is 15.0. The molecule has 0 aliphatic heterocycles. The van der Waals surface area contributed by atoms with Crippen LogP contribution in [0.5, 0.6) is 0 Å². The molecule has 0 saturated carbocycles. The fourth-order valence-corrected chi connectivity index (χ4v) is 9.64. The van der Waals surface area contributed by atoms with Crippen molar-refractivity contribution in [1.82, 2.24) is 15.0 Å². The van der Waals surface area contributed by atoms with Gasteiger partial charge in [0.1, 0.15) is 0 Å². The first-order valence-electron chi connectivity index (χ1n) is 20.1. The smallest absolute Gasteiger partial charge is 0.164 e. The van der Waals surface area contributed by atoms with Gasteiger partial charge in [0.05, 0.1) is 0 Å². The molecule has 0 aliphatic carbocycles. The molecular formula is C55H43N3. The van der Waals surface area contributed by atoms with Gasteiger partial charge < -0.3 is 0 Å². The lowest BCUT2D eigenvalue weighted by molar-refractivity contribution is 1.06. The van der Waals surface area contributed by atoms with Gasteiger partial charge in [-0.1, -0.05) is 157 Å². The first kappa shape index (κ1) is 35.4. The molecule has 0 atom stereocenters. The Kier molecular flexibility index (Phi) is 8.49. The molecule has 1 aromatic heterocycles. The maximum Gasteiger partial charge on any atom is 0.164 e. The molecular weight excluding hydrogens is 703 g/mol. The van der Waals surface area contributed by atoms with Gasteiger partial charge in [-0.2, -0.15) is 0 Å². The number of hydrogen-bond acceptors (Lipinski definition) is 3. The molecule has 58 heavy (non-hydrogen) atoms. The van der Waals surface area contributed by atoms with E-state index in [4.69, 9.17) is 15.0 Å². The zero-order valence-electron chi connectivity index (χ0n) is 33.8. The number of benzene rings is 9. The second-order valence-corrected chi connectivity index (χ2v) is 15.9. The summed E-state index contributed by atoms with van der Waals surface area (Å²) in [7, 11) is 0. The van der Waals surface area contributed by atoms with E-state index in [0.717, 1.165) is 44.3 Å². The van der Waals surface area contributed by atoms with Crippen LogP contribution in [0.15, 0.2) is 152 Å². The minimum atomic E-state index is 0.657. The molecule has 0 saturated heterocycles. The van der Waals surface area contributed by atoms with E-state index in [0.29, 0.717) is 17.5 Å². The van der Waals surface area contributed by atoms with Crippen LogP contribution in [0.3, 0.4) is 0 Å². The zero-order valence-corrected chi connectivity index (χ0v) is 33.8. The van der Waals surface area contributed by atoms with Crippen LogP contribution < -0.4 is 0 Å². The van der Waals surface area contributed by atoms with Crippen LogP contribution in [0.1, 0.15) is 33.4 Å². The van der Waals surface area contributed by atoms with Gasteiger partial charge >= 0.3 is 0 Å². The minimum Gasteiger partial charge on any atom is -0.208 e. The SMILES string of the molecule is Cc1cc(C)c(-c2nc(-c3ccc4c(-c5ccccc5)c5c6ccccc6c6ccccc6c5c(-c5ccccc5)c4c3)nc(-c3c(C)cc(C)cc3C)n2)c(C)c1. The van der Waals surface area contributed by atoms with E-state index >= 15 is 0 Å². The summed E-state index contributed by atoms with van der Waals surface area (Å²) in [5.74, 6) is 2.04. The van der Waals surface area contributed by atoms with Crippen molar-refractivity contribution in [2.24, 2.45) is 0 Å². The van der Waals surface area contributed by atoms with Crippen LogP contribution in [0.25, 0.3) is 99.5 Å². The van der Waals surface area contributed by atoms with E-state index in [9.17, 15) is 0 Å². The number of hydrogen-bond donors (Lipinski definition) is 0. The van der Waals surface area contributed by atoms with E-state index in [2.05, 4.69) is 193 Å². The summed E-state index contributed by atoms with van der Waals surface area (Å²) in [4.78, 5) is 16.0. The van der Waals surface area contributed by atoms with E-state index in [1.165, 1.54) is 71.1 Å². The molecule has 0 unspecified atom stereocenters. The quantitative estimate of drug-likeness (QED) is 0.130. The Morgan fingerprint density at radius 3 is 1.10 bits per heavy atom. The minimum absolute atomic E-state index is 0.657. The lowest BCUT2D eigenvalue weighted by atomic mass is 9.81. The standard InChI is InChI=1S/C55H43N3/c1-32-27-34(3)47(35(4)28-32)54-56-53(57-55(58-54)48-36(5)29-33(2)30-37(48)6)40-25-26-45-46(31-40)50(39-19-11-8-12-20-39)52-44-24-16-14-22-42(44)41-21-13-15-23-43(41)51(52)49(45)38-17-9-7-10-18-38/h7-31H,1-6H3. The van der Waals surface area contributed by atoms with Gasteiger partial charge in [0.2, 0.25) is 0 Å². The molecule has 3 nitrogen and oxygen atoms in total. The fourth-order valence-electron chi connectivity index (χ4n) is 9.64. The molecule has 0 amide bonds. The molecule has 0 radical (unpaired) electrons. The Bertz CT molecular complexity index is 3150. The van der Waals surface area contributed by atoms with E-state index in [1.54, 1.807) is 0 Å². The van der Waals surface area contributed by atoms with Crippen molar-refractivity contribution in [3.8, 4) is 56.4 Å². The van der Waals surface area contributed by atoms with Gasteiger partial charge in [0, 0.05) is 16.7 Å². The van der Waals surface area contributed by atoms with E-state index < -0.39 is 0 Å². The van der Waals surface area contributed by atoms with E-state index in [-0.39, 0.29) is 0 Å². The number of fused-ring (bicyclic) bond motifs is 7. The highest BCUT2D eigenvalue weighted by Gasteiger charge is 2.24. The molecule has 10 aromatic rings. The third kappa shape index (κ3) is 5.77. The summed E-state index contributed by atoms with van der Waals surface area (Å²) >= 11 is 0. The van der Waals surface area contributed by atoms with Gasteiger partial charge in [0.25, 0.3) is 0 Å². The normalized spacial score (nSPS) is 11.6. The average molecular weight is 746 g/mol. The third-order valence-electron chi connectivity index (χ3n) is 11.8. The Morgan fingerprint density at radius 2 is 0.655 bits per heavy atom. The largest absolute Gasteiger partial charge is 0.208 e. The maximum atomic E-state index is 5.35. The fraction of sp³-hybridized carbons (Fsp3) is 0.109. The van der Waals surface area contributed by atoms with Crippen LogP contribution in [-0.2, 0) is 0 Å². The Labute approximate surface area is 339 Å². The Morgan fingerprint density at radius 1 is 0.276 bits per heavy atom. The molecule has 10 rings (SSSR count). The lowest BCUT2D eigenvalue weighted by Crippen LogP contribution is -2.04. The second-order valence-electron chi connectivity index (χ2n) is 15.9. The molecule has 9 aromatic carbocycles. The third-order valence-corrected chi connectivity index (χ3v) is 11.8. The van der Waals surface area contributed by atoms with Crippen molar-refractivity contribution in [3.05, 3.63) is 185 Å². The van der Waals surface area contributed by atoms with Crippen molar-refractivity contribution in [3.63, 3.8) is 0 Å². The van der Waals surface area contributed by atoms with Gasteiger partial charge in [0.15, 0.2) is 17.5 Å².